The van der Waals surface area contributed by atoms with Crippen LogP contribution in [0.1, 0.15) is 12.5 Å². The van der Waals surface area contributed by atoms with Gasteiger partial charge in [-0.25, -0.2) is 9.82 Å². The van der Waals surface area contributed by atoms with E-state index in [1.165, 1.54) is 24.3 Å². The molecule has 0 bridgehead atoms. The number of hydrogen-bond donors (Lipinski definition) is 1. The predicted molar refractivity (Wildman–Crippen MR) is 85.2 cm³/mol. The number of carbonyl (C=O) groups excluding carboxylic acids is 1. The standard InChI is InChI=1S/C17H17FN2O3/c1-12(13-3-7-15(22-2)8-4-13)19-20-17(21)11-23-16-9-5-14(18)6-10-16/h3-10H,11H2,1-2H3,(H,20,21)/b19-12-. The lowest BCUT2D eigenvalue weighted by atomic mass is 10.1. The van der Waals surface area contributed by atoms with Crippen LogP contribution >= 0.6 is 0 Å². The van der Waals surface area contributed by atoms with Crippen LogP contribution < -0.4 is 14.9 Å². The number of rotatable bonds is 6. The fraction of sp³-hybridized carbons (Fsp3) is 0.176. The smallest absolute Gasteiger partial charge is 0.277 e. The first-order chi connectivity index (χ1) is 11.1. The van der Waals surface area contributed by atoms with Gasteiger partial charge in [0, 0.05) is 0 Å². The molecule has 0 heterocycles. The van der Waals surface area contributed by atoms with Crippen LogP contribution in [0.2, 0.25) is 0 Å². The van der Waals surface area contributed by atoms with E-state index in [4.69, 9.17) is 9.47 Å². The van der Waals surface area contributed by atoms with E-state index >= 15 is 0 Å². The fourth-order valence-corrected chi connectivity index (χ4v) is 1.75. The second kappa shape index (κ2) is 7.93. The van der Waals surface area contributed by atoms with Gasteiger partial charge in [0.1, 0.15) is 17.3 Å². The number of halogens is 1. The molecule has 0 saturated carbocycles. The number of amides is 1. The molecular formula is C17H17FN2O3. The number of hydrazone groups is 1. The molecule has 0 aliphatic rings. The molecule has 6 heteroatoms. The number of hydrogen-bond acceptors (Lipinski definition) is 4. The number of nitrogens with one attached hydrogen (secondary N) is 1. The molecule has 1 amide bonds. The van der Waals surface area contributed by atoms with Crippen molar-refractivity contribution < 1.29 is 18.7 Å². The number of carbonyl (C=O) groups is 1. The van der Waals surface area contributed by atoms with E-state index in [0.29, 0.717) is 11.5 Å². The third kappa shape index (κ3) is 5.10. The van der Waals surface area contributed by atoms with Crippen molar-refractivity contribution >= 4 is 11.6 Å². The monoisotopic (exact) mass is 316 g/mol. The summed E-state index contributed by atoms with van der Waals surface area (Å²) in [5, 5.41) is 4.01. The highest BCUT2D eigenvalue weighted by Gasteiger charge is 2.03. The molecule has 0 fully saturated rings. The quantitative estimate of drug-likeness (QED) is 0.658. The van der Waals surface area contributed by atoms with Gasteiger partial charge in [0.25, 0.3) is 5.91 Å². The van der Waals surface area contributed by atoms with E-state index in [1.807, 2.05) is 24.3 Å². The lowest BCUT2D eigenvalue weighted by Gasteiger charge is -2.06. The molecule has 0 saturated heterocycles. The van der Waals surface area contributed by atoms with Crippen molar-refractivity contribution in [2.75, 3.05) is 13.7 Å². The summed E-state index contributed by atoms with van der Waals surface area (Å²) >= 11 is 0. The van der Waals surface area contributed by atoms with E-state index in [-0.39, 0.29) is 12.4 Å². The van der Waals surface area contributed by atoms with Crippen molar-refractivity contribution in [2.24, 2.45) is 5.10 Å². The van der Waals surface area contributed by atoms with Gasteiger partial charge in [0.15, 0.2) is 6.61 Å². The molecule has 120 valence electrons. The average molecular weight is 316 g/mol. The van der Waals surface area contributed by atoms with Crippen molar-refractivity contribution in [1.29, 1.82) is 0 Å². The second-order valence-electron chi connectivity index (χ2n) is 4.70. The Morgan fingerprint density at radius 3 is 2.30 bits per heavy atom. The highest BCUT2D eigenvalue weighted by Crippen LogP contribution is 2.12. The van der Waals surface area contributed by atoms with Crippen LogP contribution in [0, 0.1) is 5.82 Å². The highest BCUT2D eigenvalue weighted by atomic mass is 19.1. The molecule has 0 aliphatic heterocycles. The molecule has 2 aromatic rings. The zero-order chi connectivity index (χ0) is 16.7. The van der Waals surface area contributed by atoms with E-state index in [2.05, 4.69) is 10.5 Å². The topological polar surface area (TPSA) is 59.9 Å². The molecule has 0 spiro atoms. The summed E-state index contributed by atoms with van der Waals surface area (Å²) in [6.45, 7) is 1.58. The Hall–Kier alpha value is -2.89. The minimum absolute atomic E-state index is 0.203. The molecule has 5 nitrogen and oxygen atoms in total. The summed E-state index contributed by atoms with van der Waals surface area (Å²) < 4.78 is 23.0. The third-order valence-electron chi connectivity index (χ3n) is 3.04. The van der Waals surface area contributed by atoms with Gasteiger partial charge in [-0.2, -0.15) is 5.10 Å². The van der Waals surface area contributed by atoms with E-state index in [0.717, 1.165) is 11.3 Å². The Balaban J connectivity index is 1.85. The maximum atomic E-state index is 12.7. The number of ether oxygens (including phenoxy) is 2. The minimum Gasteiger partial charge on any atom is -0.497 e. The van der Waals surface area contributed by atoms with Gasteiger partial charge in [0.05, 0.1) is 12.8 Å². The zero-order valence-corrected chi connectivity index (χ0v) is 12.9. The SMILES string of the molecule is COc1ccc(/C(C)=N\NC(=O)COc2ccc(F)cc2)cc1. The molecular weight excluding hydrogens is 299 g/mol. The Morgan fingerprint density at radius 2 is 1.70 bits per heavy atom. The van der Waals surface area contributed by atoms with Crippen LogP contribution in [0.25, 0.3) is 0 Å². The van der Waals surface area contributed by atoms with Crippen molar-refractivity contribution in [3.05, 3.63) is 59.9 Å². The first-order valence-corrected chi connectivity index (χ1v) is 6.94. The molecule has 0 aliphatic carbocycles. The maximum Gasteiger partial charge on any atom is 0.277 e. The Kier molecular flexibility index (Phi) is 5.68. The van der Waals surface area contributed by atoms with Gasteiger partial charge in [-0.3, -0.25) is 4.79 Å². The van der Waals surface area contributed by atoms with Crippen molar-refractivity contribution in [1.82, 2.24) is 5.43 Å². The summed E-state index contributed by atoms with van der Waals surface area (Å²) in [6, 6.07) is 12.8. The first kappa shape index (κ1) is 16.5. The van der Waals surface area contributed by atoms with Gasteiger partial charge >= 0.3 is 0 Å². The minimum atomic E-state index is -0.401. The summed E-state index contributed by atoms with van der Waals surface area (Å²) in [5.74, 6) is 0.402. The van der Waals surface area contributed by atoms with Gasteiger partial charge in [-0.05, 0) is 61.0 Å². The lowest BCUT2D eigenvalue weighted by molar-refractivity contribution is -0.123. The molecule has 1 N–H and O–H groups in total. The molecule has 2 rings (SSSR count). The Morgan fingerprint density at radius 1 is 1.09 bits per heavy atom. The number of benzene rings is 2. The average Bonchev–Trinajstić information content (AvgIpc) is 2.59. The first-order valence-electron chi connectivity index (χ1n) is 6.94. The zero-order valence-electron chi connectivity index (χ0n) is 12.9. The van der Waals surface area contributed by atoms with Gasteiger partial charge < -0.3 is 9.47 Å². The molecule has 0 unspecified atom stereocenters. The van der Waals surface area contributed by atoms with Crippen molar-refractivity contribution in [3.63, 3.8) is 0 Å². The third-order valence-corrected chi connectivity index (χ3v) is 3.04. The lowest BCUT2D eigenvalue weighted by Crippen LogP contribution is -2.25. The van der Waals surface area contributed by atoms with Gasteiger partial charge in [-0.1, -0.05) is 0 Å². The fourth-order valence-electron chi connectivity index (χ4n) is 1.75. The van der Waals surface area contributed by atoms with Gasteiger partial charge in [0.2, 0.25) is 0 Å². The summed E-state index contributed by atoms with van der Waals surface area (Å²) in [5.41, 5.74) is 3.93. The van der Waals surface area contributed by atoms with Crippen LogP contribution in [0.4, 0.5) is 4.39 Å². The van der Waals surface area contributed by atoms with Crippen LogP contribution in [-0.2, 0) is 4.79 Å². The van der Waals surface area contributed by atoms with Crippen molar-refractivity contribution in [3.8, 4) is 11.5 Å². The van der Waals surface area contributed by atoms with Crippen LogP contribution in [0.3, 0.4) is 0 Å². The number of nitrogens with zero attached hydrogens (tertiary/aromatic N) is 1. The highest BCUT2D eigenvalue weighted by molar-refractivity contribution is 5.99. The molecule has 2 aromatic carbocycles. The van der Waals surface area contributed by atoms with Crippen LogP contribution in [0.5, 0.6) is 11.5 Å². The second-order valence-corrected chi connectivity index (χ2v) is 4.70. The maximum absolute atomic E-state index is 12.7. The largest absolute Gasteiger partial charge is 0.497 e. The van der Waals surface area contributed by atoms with E-state index < -0.39 is 5.91 Å². The summed E-state index contributed by atoms with van der Waals surface area (Å²) in [4.78, 5) is 11.7. The normalized spacial score (nSPS) is 11.0. The predicted octanol–water partition coefficient (Wildman–Crippen LogP) is 2.75. The summed E-state index contributed by atoms with van der Waals surface area (Å²) in [6.07, 6.45) is 0. The van der Waals surface area contributed by atoms with Gasteiger partial charge in [-0.15, -0.1) is 0 Å². The Bertz CT molecular complexity index is 682. The molecule has 0 aromatic heterocycles. The number of methoxy groups -OCH3 is 1. The van der Waals surface area contributed by atoms with Crippen molar-refractivity contribution in [2.45, 2.75) is 6.92 Å². The molecule has 0 atom stereocenters. The Labute approximate surface area is 133 Å². The van der Waals surface area contributed by atoms with Crippen LogP contribution in [-0.4, -0.2) is 25.3 Å². The van der Waals surface area contributed by atoms with E-state index in [9.17, 15) is 9.18 Å². The van der Waals surface area contributed by atoms with E-state index in [1.54, 1.807) is 14.0 Å². The molecule has 23 heavy (non-hydrogen) atoms. The summed E-state index contributed by atoms with van der Waals surface area (Å²) in [7, 11) is 1.59. The van der Waals surface area contributed by atoms with Crippen LogP contribution in [0.15, 0.2) is 53.6 Å². The molecule has 0 radical (unpaired) electrons.